The zero-order valence-electron chi connectivity index (χ0n) is 15.9. The molecule has 0 aliphatic carbocycles. The van der Waals surface area contributed by atoms with Gasteiger partial charge in [-0.1, -0.05) is 23.5 Å². The molecule has 0 amide bonds. The van der Waals surface area contributed by atoms with Crippen molar-refractivity contribution in [2.24, 2.45) is 5.92 Å². The van der Waals surface area contributed by atoms with Crippen LogP contribution in [0.3, 0.4) is 0 Å². The molecule has 0 bridgehead atoms. The van der Waals surface area contributed by atoms with Gasteiger partial charge in [-0.25, -0.2) is 0 Å². The molecule has 24 heavy (non-hydrogen) atoms. The average molecular weight is 370 g/mol. The summed E-state index contributed by atoms with van der Waals surface area (Å²) >= 11 is 7.79. The Bertz CT molecular complexity index is 524. The Morgan fingerprint density at radius 1 is 1.42 bits per heavy atom. The van der Waals surface area contributed by atoms with E-state index in [0.717, 1.165) is 18.0 Å². The number of hydrogen-bond donors (Lipinski definition) is 1. The molecular formula is C19H32ClN3S. The van der Waals surface area contributed by atoms with Crippen LogP contribution in [-0.2, 0) is 0 Å². The van der Waals surface area contributed by atoms with Gasteiger partial charge in [-0.15, -0.1) is 0 Å². The molecule has 2 rings (SSSR count). The third-order valence-electron chi connectivity index (χ3n) is 4.83. The summed E-state index contributed by atoms with van der Waals surface area (Å²) in [6.07, 6.45) is 5.35. The van der Waals surface area contributed by atoms with Crippen molar-refractivity contribution in [1.82, 2.24) is 14.6 Å². The van der Waals surface area contributed by atoms with E-state index in [-0.39, 0.29) is 10.8 Å². The molecule has 1 fully saturated rings. The third-order valence-corrected chi connectivity index (χ3v) is 6.07. The van der Waals surface area contributed by atoms with Crippen LogP contribution in [0.5, 0.6) is 0 Å². The largest absolute Gasteiger partial charge is 0.301 e. The van der Waals surface area contributed by atoms with Crippen LogP contribution in [-0.4, -0.2) is 33.8 Å². The van der Waals surface area contributed by atoms with Crippen molar-refractivity contribution < 1.29 is 0 Å². The highest BCUT2D eigenvalue weighted by molar-refractivity contribution is 7.98. The van der Waals surface area contributed by atoms with Crippen LogP contribution in [0.25, 0.3) is 0 Å². The van der Waals surface area contributed by atoms with E-state index >= 15 is 0 Å². The van der Waals surface area contributed by atoms with Gasteiger partial charge in [-0.05, 0) is 79.0 Å². The van der Waals surface area contributed by atoms with Gasteiger partial charge in [0.1, 0.15) is 0 Å². The summed E-state index contributed by atoms with van der Waals surface area (Å²) in [6, 6.07) is 4.25. The summed E-state index contributed by atoms with van der Waals surface area (Å²) in [5.74, 6) is 0.765. The van der Waals surface area contributed by atoms with E-state index in [1.54, 1.807) is 18.1 Å². The molecule has 1 N–H and O–H groups in total. The Morgan fingerprint density at radius 2 is 2.12 bits per heavy atom. The van der Waals surface area contributed by atoms with Crippen molar-refractivity contribution in [3.05, 3.63) is 29.0 Å². The number of nitrogens with one attached hydrogen (secondary N) is 1. The summed E-state index contributed by atoms with van der Waals surface area (Å²) < 4.78 is 3.83. The molecule has 1 aromatic rings. The Balaban J connectivity index is 1.99. The summed E-state index contributed by atoms with van der Waals surface area (Å²) in [6.45, 7) is 12.6. The quantitative estimate of drug-likeness (QED) is 0.686. The molecule has 1 aliphatic rings. The molecule has 5 heteroatoms. The van der Waals surface area contributed by atoms with E-state index in [0.29, 0.717) is 10.6 Å². The Kier molecular flexibility index (Phi) is 6.63. The maximum atomic E-state index is 6.00. The highest BCUT2D eigenvalue weighted by Gasteiger charge is 2.35. The molecule has 0 spiro atoms. The monoisotopic (exact) mass is 369 g/mol. The molecule has 136 valence electrons. The predicted octanol–water partition coefficient (Wildman–Crippen LogP) is 5.32. The van der Waals surface area contributed by atoms with E-state index in [4.69, 9.17) is 11.6 Å². The summed E-state index contributed by atoms with van der Waals surface area (Å²) in [4.78, 5) is 7.04. The summed E-state index contributed by atoms with van der Waals surface area (Å²) in [5, 5.41) is 0.695. The van der Waals surface area contributed by atoms with Crippen molar-refractivity contribution in [3.8, 4) is 0 Å². The predicted molar refractivity (Wildman–Crippen MR) is 107 cm³/mol. The van der Waals surface area contributed by atoms with Crippen molar-refractivity contribution >= 4 is 23.5 Å². The van der Waals surface area contributed by atoms with Gasteiger partial charge in [0.25, 0.3) is 0 Å². The van der Waals surface area contributed by atoms with Gasteiger partial charge in [0, 0.05) is 23.0 Å². The van der Waals surface area contributed by atoms with Gasteiger partial charge in [-0.2, -0.15) is 0 Å². The zero-order chi connectivity index (χ0) is 18.0. The van der Waals surface area contributed by atoms with E-state index in [1.165, 1.54) is 19.4 Å². The van der Waals surface area contributed by atoms with Gasteiger partial charge in [-0.3, -0.25) is 9.71 Å². The lowest BCUT2D eigenvalue weighted by Crippen LogP contribution is -2.34. The van der Waals surface area contributed by atoms with E-state index in [1.807, 2.05) is 12.1 Å². The fourth-order valence-corrected chi connectivity index (χ4v) is 4.11. The lowest BCUT2D eigenvalue weighted by Gasteiger charge is -2.26. The number of rotatable bonds is 6. The third kappa shape index (κ3) is 5.91. The first-order chi connectivity index (χ1) is 11.1. The molecule has 1 saturated heterocycles. The lowest BCUT2D eigenvalue weighted by molar-refractivity contribution is 0.218. The topological polar surface area (TPSA) is 28.2 Å². The fourth-order valence-electron chi connectivity index (χ4n) is 3.27. The molecule has 2 atom stereocenters. The standard InChI is InChI=1S/C19H32ClN3S/c1-18(2,3)24-22-17(16-10-8-15(20)12-21-16)9-7-14-11-19(4,5)23(6)13-14/h8,10,12,14,17,22H,7,9,11,13H2,1-6H3. The van der Waals surface area contributed by atoms with Crippen molar-refractivity contribution in [2.75, 3.05) is 13.6 Å². The molecule has 0 radical (unpaired) electrons. The smallest absolute Gasteiger partial charge is 0.0594 e. The van der Waals surface area contributed by atoms with E-state index in [9.17, 15) is 0 Å². The Morgan fingerprint density at radius 3 is 2.62 bits per heavy atom. The number of halogens is 1. The number of hydrogen-bond acceptors (Lipinski definition) is 4. The maximum absolute atomic E-state index is 6.00. The van der Waals surface area contributed by atoms with Gasteiger partial charge >= 0.3 is 0 Å². The SMILES string of the molecule is CN1CC(CCC(NSC(C)(C)C)c2ccc(Cl)cn2)CC1(C)C. The lowest BCUT2D eigenvalue weighted by atomic mass is 9.91. The minimum absolute atomic E-state index is 0.181. The second-order valence-electron chi connectivity index (χ2n) is 8.63. The van der Waals surface area contributed by atoms with Gasteiger partial charge in [0.15, 0.2) is 0 Å². The van der Waals surface area contributed by atoms with E-state index < -0.39 is 0 Å². The number of pyridine rings is 1. The first-order valence-electron chi connectivity index (χ1n) is 8.83. The van der Waals surface area contributed by atoms with Gasteiger partial charge in [0.2, 0.25) is 0 Å². The highest BCUT2D eigenvalue weighted by atomic mass is 35.5. The number of nitrogens with zero attached hydrogens (tertiary/aromatic N) is 2. The molecular weight excluding hydrogens is 338 g/mol. The van der Waals surface area contributed by atoms with Crippen LogP contribution < -0.4 is 4.72 Å². The molecule has 1 aromatic heterocycles. The first kappa shape index (κ1) is 20.0. The molecule has 2 unspecified atom stereocenters. The molecule has 2 heterocycles. The summed E-state index contributed by atoms with van der Waals surface area (Å²) in [5.41, 5.74) is 1.41. The van der Waals surface area contributed by atoms with Crippen LogP contribution in [0, 0.1) is 5.92 Å². The highest BCUT2D eigenvalue weighted by Crippen LogP contribution is 2.35. The van der Waals surface area contributed by atoms with Crippen molar-refractivity contribution in [3.63, 3.8) is 0 Å². The van der Waals surface area contributed by atoms with Gasteiger partial charge < -0.3 is 4.90 Å². The summed E-state index contributed by atoms with van der Waals surface area (Å²) in [7, 11) is 2.24. The van der Waals surface area contributed by atoms with Crippen molar-refractivity contribution in [2.45, 2.75) is 70.2 Å². The molecule has 0 saturated carbocycles. The second-order valence-corrected chi connectivity index (χ2v) is 10.7. The maximum Gasteiger partial charge on any atom is 0.0594 e. The number of aromatic nitrogens is 1. The minimum atomic E-state index is 0.181. The number of likely N-dealkylation sites (tertiary alicyclic amines) is 1. The Hall–Kier alpha value is -0.290. The van der Waals surface area contributed by atoms with Crippen LogP contribution in [0.2, 0.25) is 5.02 Å². The van der Waals surface area contributed by atoms with E-state index in [2.05, 4.69) is 56.3 Å². The van der Waals surface area contributed by atoms with Crippen molar-refractivity contribution in [1.29, 1.82) is 0 Å². The first-order valence-corrected chi connectivity index (χ1v) is 10.0. The van der Waals surface area contributed by atoms with Crippen LogP contribution in [0.1, 0.15) is 65.6 Å². The van der Waals surface area contributed by atoms with Gasteiger partial charge in [0.05, 0.1) is 16.8 Å². The van der Waals surface area contributed by atoms with Crippen LogP contribution >= 0.6 is 23.5 Å². The fraction of sp³-hybridized carbons (Fsp3) is 0.737. The molecule has 3 nitrogen and oxygen atoms in total. The molecule has 1 aliphatic heterocycles. The zero-order valence-corrected chi connectivity index (χ0v) is 17.5. The molecule has 0 aromatic carbocycles. The normalized spacial score (nSPS) is 22.7. The minimum Gasteiger partial charge on any atom is -0.301 e. The van der Waals surface area contributed by atoms with Crippen LogP contribution in [0.4, 0.5) is 0 Å². The second kappa shape index (κ2) is 7.94. The average Bonchev–Trinajstić information content (AvgIpc) is 2.72. The Labute approximate surface area is 157 Å². The van der Waals surface area contributed by atoms with Crippen LogP contribution in [0.15, 0.2) is 18.3 Å².